The maximum atomic E-state index is 11.6. The van der Waals surface area contributed by atoms with Gasteiger partial charge in [-0.3, -0.25) is 9.78 Å². The minimum Gasteiger partial charge on any atom is -0.399 e. The van der Waals surface area contributed by atoms with E-state index < -0.39 is 0 Å². The van der Waals surface area contributed by atoms with Crippen LogP contribution in [0.5, 0.6) is 0 Å². The Balaban J connectivity index is 1.98. The number of hydrogen-bond donors (Lipinski definition) is 2. The van der Waals surface area contributed by atoms with E-state index in [1.807, 2.05) is 0 Å². The number of nitrogens with two attached hydrogens (primary N) is 1. The van der Waals surface area contributed by atoms with Crippen LogP contribution in [-0.2, 0) is 6.54 Å². The molecule has 0 atom stereocenters. The summed E-state index contributed by atoms with van der Waals surface area (Å²) in [4.78, 5) is 19.2. The van der Waals surface area contributed by atoms with Crippen molar-refractivity contribution in [3.8, 4) is 0 Å². The van der Waals surface area contributed by atoms with Crippen LogP contribution in [0.15, 0.2) is 29.2 Å². The van der Waals surface area contributed by atoms with Gasteiger partial charge in [-0.2, -0.15) is 4.98 Å². The van der Waals surface area contributed by atoms with Crippen molar-refractivity contribution in [3.05, 3.63) is 36.2 Å². The van der Waals surface area contributed by atoms with Gasteiger partial charge in [0, 0.05) is 11.9 Å². The summed E-state index contributed by atoms with van der Waals surface area (Å²) in [6, 6.07) is 3.10. The van der Waals surface area contributed by atoms with Crippen LogP contribution in [0.25, 0.3) is 0 Å². The molecule has 0 aromatic carbocycles. The lowest BCUT2D eigenvalue weighted by molar-refractivity contribution is 0.0944. The maximum absolute atomic E-state index is 11.6. The molecule has 0 aliphatic carbocycles. The normalized spacial score (nSPS) is 10.0. The van der Waals surface area contributed by atoms with E-state index in [1.54, 1.807) is 6.07 Å². The van der Waals surface area contributed by atoms with E-state index in [0.717, 1.165) is 0 Å². The molecule has 7 nitrogen and oxygen atoms in total. The van der Waals surface area contributed by atoms with Crippen LogP contribution >= 0.6 is 0 Å². The molecule has 16 heavy (non-hydrogen) atoms. The van der Waals surface area contributed by atoms with Crippen LogP contribution in [0, 0.1) is 0 Å². The molecule has 0 aliphatic rings. The van der Waals surface area contributed by atoms with Gasteiger partial charge < -0.3 is 15.6 Å². The smallest absolute Gasteiger partial charge is 0.270 e. The van der Waals surface area contributed by atoms with E-state index in [0.29, 0.717) is 11.5 Å². The van der Waals surface area contributed by atoms with Crippen LogP contribution in [0.4, 0.5) is 5.69 Å². The Kier molecular flexibility index (Phi) is 2.77. The van der Waals surface area contributed by atoms with Crippen LogP contribution in [0.3, 0.4) is 0 Å². The SMILES string of the molecule is Nc1ccnc(C(=O)NCc2ncon2)c1. The van der Waals surface area contributed by atoms with Crippen LogP contribution < -0.4 is 11.1 Å². The average molecular weight is 219 g/mol. The second-order valence-corrected chi connectivity index (χ2v) is 3.00. The first-order valence-corrected chi connectivity index (χ1v) is 4.50. The molecule has 1 amide bonds. The third-order valence-electron chi connectivity index (χ3n) is 1.83. The monoisotopic (exact) mass is 219 g/mol. The van der Waals surface area contributed by atoms with Crippen LogP contribution in [-0.4, -0.2) is 21.0 Å². The molecule has 0 aliphatic heterocycles. The summed E-state index contributed by atoms with van der Waals surface area (Å²) in [6.07, 6.45) is 2.67. The van der Waals surface area contributed by atoms with E-state index in [1.165, 1.54) is 18.7 Å². The average Bonchev–Trinajstić information content (AvgIpc) is 2.78. The number of pyridine rings is 1. The Morgan fingerprint density at radius 3 is 3.06 bits per heavy atom. The van der Waals surface area contributed by atoms with Crippen molar-refractivity contribution < 1.29 is 9.32 Å². The number of nitrogens with one attached hydrogen (secondary N) is 1. The Labute approximate surface area is 90.7 Å². The molecule has 0 bridgehead atoms. The molecule has 0 saturated carbocycles. The maximum Gasteiger partial charge on any atom is 0.270 e. The van der Waals surface area contributed by atoms with E-state index in [9.17, 15) is 4.79 Å². The van der Waals surface area contributed by atoms with Gasteiger partial charge in [0.05, 0.1) is 6.54 Å². The number of amides is 1. The minimum absolute atomic E-state index is 0.186. The highest BCUT2D eigenvalue weighted by Gasteiger charge is 2.08. The summed E-state index contributed by atoms with van der Waals surface area (Å²) in [7, 11) is 0. The van der Waals surface area contributed by atoms with E-state index in [4.69, 9.17) is 5.73 Å². The Morgan fingerprint density at radius 2 is 2.38 bits per heavy atom. The van der Waals surface area contributed by atoms with Gasteiger partial charge >= 0.3 is 0 Å². The van der Waals surface area contributed by atoms with Crippen LogP contribution in [0.2, 0.25) is 0 Å². The fourth-order valence-electron chi connectivity index (χ4n) is 1.09. The summed E-state index contributed by atoms with van der Waals surface area (Å²) in [6.45, 7) is 0.186. The fraction of sp³-hybridized carbons (Fsp3) is 0.111. The summed E-state index contributed by atoms with van der Waals surface area (Å²) in [5.41, 5.74) is 6.27. The first-order valence-electron chi connectivity index (χ1n) is 4.50. The van der Waals surface area contributed by atoms with Gasteiger partial charge in [-0.05, 0) is 12.1 Å². The van der Waals surface area contributed by atoms with Crippen molar-refractivity contribution in [1.29, 1.82) is 0 Å². The molecule has 7 heteroatoms. The third-order valence-corrected chi connectivity index (χ3v) is 1.83. The standard InChI is InChI=1S/C9H9N5O2/c10-6-1-2-11-7(3-6)9(15)12-4-8-13-5-16-14-8/h1-3,5H,4H2,(H2,10,11)(H,12,15). The van der Waals surface area contributed by atoms with Crippen molar-refractivity contribution in [2.75, 3.05) is 5.73 Å². The number of carbonyl (C=O) groups is 1. The number of anilines is 1. The fourth-order valence-corrected chi connectivity index (χ4v) is 1.09. The topological polar surface area (TPSA) is 107 Å². The molecular formula is C9H9N5O2. The van der Waals surface area contributed by atoms with Gasteiger partial charge in [0.1, 0.15) is 5.69 Å². The van der Waals surface area contributed by atoms with Gasteiger partial charge in [-0.25, -0.2) is 0 Å². The highest BCUT2D eigenvalue weighted by molar-refractivity contribution is 5.92. The quantitative estimate of drug-likeness (QED) is 0.751. The number of nitrogens with zero attached hydrogens (tertiary/aromatic N) is 3. The lowest BCUT2D eigenvalue weighted by Gasteiger charge is -2.01. The number of nitrogen functional groups attached to an aromatic ring is 1. The van der Waals surface area contributed by atoms with Gasteiger partial charge in [0.15, 0.2) is 5.82 Å². The predicted molar refractivity (Wildman–Crippen MR) is 54.1 cm³/mol. The molecule has 3 N–H and O–H groups in total. The van der Waals surface area contributed by atoms with E-state index in [-0.39, 0.29) is 18.1 Å². The Morgan fingerprint density at radius 1 is 1.50 bits per heavy atom. The largest absolute Gasteiger partial charge is 0.399 e. The summed E-state index contributed by atoms with van der Waals surface area (Å²) < 4.78 is 4.52. The van der Waals surface area contributed by atoms with Crippen molar-refractivity contribution in [1.82, 2.24) is 20.4 Å². The lowest BCUT2D eigenvalue weighted by atomic mass is 10.3. The number of rotatable bonds is 3. The highest BCUT2D eigenvalue weighted by Crippen LogP contribution is 2.02. The molecule has 82 valence electrons. The Hall–Kier alpha value is -2.44. The number of aromatic nitrogens is 3. The zero-order chi connectivity index (χ0) is 11.4. The van der Waals surface area contributed by atoms with Gasteiger partial charge in [-0.15, -0.1) is 0 Å². The lowest BCUT2D eigenvalue weighted by Crippen LogP contribution is -2.24. The third kappa shape index (κ3) is 2.32. The zero-order valence-corrected chi connectivity index (χ0v) is 8.25. The molecule has 2 aromatic rings. The second kappa shape index (κ2) is 4.39. The second-order valence-electron chi connectivity index (χ2n) is 3.00. The minimum atomic E-state index is -0.336. The Bertz CT molecular complexity index is 482. The van der Waals surface area contributed by atoms with Crippen molar-refractivity contribution in [2.45, 2.75) is 6.54 Å². The van der Waals surface area contributed by atoms with Crippen LogP contribution in [0.1, 0.15) is 16.3 Å². The van der Waals surface area contributed by atoms with Crippen molar-refractivity contribution >= 4 is 11.6 Å². The summed E-state index contributed by atoms with van der Waals surface area (Å²) in [5.74, 6) is 0.0642. The number of hydrogen-bond acceptors (Lipinski definition) is 6. The van der Waals surface area contributed by atoms with Gasteiger partial charge in [0.2, 0.25) is 6.39 Å². The molecule has 0 radical (unpaired) electrons. The highest BCUT2D eigenvalue weighted by atomic mass is 16.5. The van der Waals surface area contributed by atoms with Crippen molar-refractivity contribution in [3.63, 3.8) is 0 Å². The molecule has 2 heterocycles. The molecule has 0 unspecified atom stereocenters. The first-order chi connectivity index (χ1) is 7.75. The van der Waals surface area contributed by atoms with Gasteiger partial charge in [0.25, 0.3) is 5.91 Å². The van der Waals surface area contributed by atoms with E-state index in [2.05, 4.69) is 25.0 Å². The molecular weight excluding hydrogens is 210 g/mol. The molecule has 2 rings (SSSR count). The summed E-state index contributed by atoms with van der Waals surface area (Å²) >= 11 is 0. The zero-order valence-electron chi connectivity index (χ0n) is 8.25. The van der Waals surface area contributed by atoms with Crippen molar-refractivity contribution in [2.24, 2.45) is 0 Å². The predicted octanol–water partition coefficient (Wildman–Crippen LogP) is -0.0232. The molecule has 0 fully saturated rings. The first kappa shape index (κ1) is 10.1. The van der Waals surface area contributed by atoms with E-state index >= 15 is 0 Å². The molecule has 0 spiro atoms. The molecule has 2 aromatic heterocycles. The summed E-state index contributed by atoms with van der Waals surface area (Å²) in [5, 5.41) is 6.14. The molecule has 0 saturated heterocycles. The number of carbonyl (C=O) groups excluding carboxylic acids is 1. The van der Waals surface area contributed by atoms with Gasteiger partial charge in [-0.1, -0.05) is 5.16 Å².